The van der Waals surface area contributed by atoms with Crippen LogP contribution in [0.15, 0.2) is 48.5 Å². The first kappa shape index (κ1) is 20.9. The molecule has 2 heterocycles. The van der Waals surface area contributed by atoms with Crippen LogP contribution in [0.5, 0.6) is 0 Å². The summed E-state index contributed by atoms with van der Waals surface area (Å²) < 4.78 is 2.06. The first-order valence-electron chi connectivity index (χ1n) is 10.7. The molecule has 0 fully saturated rings. The van der Waals surface area contributed by atoms with E-state index in [9.17, 15) is 0 Å². The van der Waals surface area contributed by atoms with E-state index in [0.29, 0.717) is 18.3 Å². The van der Waals surface area contributed by atoms with Gasteiger partial charge in [0.2, 0.25) is 5.82 Å². The van der Waals surface area contributed by atoms with Gasteiger partial charge in [0, 0.05) is 17.4 Å². The Hall–Kier alpha value is -3.35. The van der Waals surface area contributed by atoms with E-state index in [1.54, 1.807) is 0 Å². The summed E-state index contributed by atoms with van der Waals surface area (Å²) in [6.45, 7) is 11.6. The van der Waals surface area contributed by atoms with Crippen molar-refractivity contribution in [1.82, 2.24) is 35.4 Å². The lowest BCUT2D eigenvalue weighted by Gasteiger charge is -2.12. The van der Waals surface area contributed by atoms with E-state index < -0.39 is 0 Å². The summed E-state index contributed by atoms with van der Waals surface area (Å²) in [5.74, 6) is 3.07. The summed E-state index contributed by atoms with van der Waals surface area (Å²) in [4.78, 5) is 4.85. The van der Waals surface area contributed by atoms with Gasteiger partial charge in [0.05, 0.1) is 6.54 Å². The molecular weight excluding hydrogens is 386 g/mol. The summed E-state index contributed by atoms with van der Waals surface area (Å²) >= 11 is 0. The van der Waals surface area contributed by atoms with Gasteiger partial charge in [-0.3, -0.25) is 0 Å². The third kappa shape index (κ3) is 4.71. The Balaban J connectivity index is 1.62. The van der Waals surface area contributed by atoms with Gasteiger partial charge in [0.15, 0.2) is 5.82 Å². The number of rotatable bonds is 6. The lowest BCUT2D eigenvalue weighted by atomic mass is 9.96. The highest BCUT2D eigenvalue weighted by Gasteiger charge is 2.22. The highest BCUT2D eigenvalue weighted by atomic mass is 15.5. The number of aromatic nitrogens is 7. The van der Waals surface area contributed by atoms with Crippen LogP contribution in [0, 0.1) is 5.92 Å². The van der Waals surface area contributed by atoms with Crippen LogP contribution in [0.25, 0.3) is 22.5 Å². The lowest BCUT2D eigenvalue weighted by Crippen LogP contribution is -2.14. The fourth-order valence-corrected chi connectivity index (χ4v) is 3.50. The van der Waals surface area contributed by atoms with Crippen LogP contribution in [0.3, 0.4) is 0 Å². The van der Waals surface area contributed by atoms with Crippen molar-refractivity contribution in [3.05, 3.63) is 65.7 Å². The normalized spacial score (nSPS) is 11.9. The summed E-state index contributed by atoms with van der Waals surface area (Å²) in [6, 6.07) is 16.7. The molecule has 2 aromatic heterocycles. The Kier molecular flexibility index (Phi) is 5.67. The fourth-order valence-electron chi connectivity index (χ4n) is 3.50. The van der Waals surface area contributed by atoms with Crippen LogP contribution in [0.1, 0.15) is 51.8 Å². The van der Waals surface area contributed by atoms with Crippen molar-refractivity contribution in [2.24, 2.45) is 5.92 Å². The van der Waals surface area contributed by atoms with Crippen LogP contribution in [0.2, 0.25) is 0 Å². The van der Waals surface area contributed by atoms with E-state index >= 15 is 0 Å². The molecule has 4 rings (SSSR count). The zero-order chi connectivity index (χ0) is 22.0. The Morgan fingerprint density at radius 3 is 2.29 bits per heavy atom. The van der Waals surface area contributed by atoms with Gasteiger partial charge in [0.25, 0.3) is 0 Å². The molecule has 0 aliphatic heterocycles. The quantitative estimate of drug-likeness (QED) is 0.495. The Morgan fingerprint density at radius 2 is 1.68 bits per heavy atom. The van der Waals surface area contributed by atoms with Crippen molar-refractivity contribution in [2.45, 2.75) is 53.0 Å². The molecule has 7 heteroatoms. The van der Waals surface area contributed by atoms with Crippen molar-refractivity contribution in [1.29, 1.82) is 0 Å². The molecular formula is C24H29N7. The van der Waals surface area contributed by atoms with E-state index in [1.807, 2.05) is 18.2 Å². The van der Waals surface area contributed by atoms with Crippen molar-refractivity contribution >= 4 is 0 Å². The van der Waals surface area contributed by atoms with Gasteiger partial charge in [-0.05, 0) is 27.8 Å². The van der Waals surface area contributed by atoms with Gasteiger partial charge in [0.1, 0.15) is 5.82 Å². The van der Waals surface area contributed by atoms with E-state index in [4.69, 9.17) is 10.1 Å². The molecule has 2 aromatic carbocycles. The van der Waals surface area contributed by atoms with Crippen LogP contribution >= 0.6 is 0 Å². The average Bonchev–Trinajstić information content (AvgIpc) is 3.39. The number of hydrogen-bond donors (Lipinski definition) is 1. The van der Waals surface area contributed by atoms with Crippen molar-refractivity contribution in [3.63, 3.8) is 0 Å². The molecule has 1 N–H and O–H groups in total. The maximum atomic E-state index is 4.85. The van der Waals surface area contributed by atoms with Gasteiger partial charge in [-0.25, -0.2) is 9.67 Å². The number of nitrogens with one attached hydrogen (secondary N) is 1. The molecule has 0 spiro atoms. The number of tetrazole rings is 1. The van der Waals surface area contributed by atoms with E-state index in [1.165, 1.54) is 5.56 Å². The molecule has 0 aliphatic rings. The van der Waals surface area contributed by atoms with Crippen LogP contribution in [0.4, 0.5) is 0 Å². The SMILES string of the molecule is CC(C)Cc1nc(C(C)(C)C)nn1Cc1ccc(-c2ccccc2-c2nn[nH]n2)cc1. The van der Waals surface area contributed by atoms with Gasteiger partial charge in [-0.15, -0.1) is 10.2 Å². The first-order valence-corrected chi connectivity index (χ1v) is 10.7. The Morgan fingerprint density at radius 1 is 0.968 bits per heavy atom. The van der Waals surface area contributed by atoms with Crippen LogP contribution in [-0.2, 0) is 18.4 Å². The van der Waals surface area contributed by atoms with E-state index in [2.05, 4.69) is 90.3 Å². The maximum Gasteiger partial charge on any atom is 0.205 e. The summed E-state index contributed by atoms with van der Waals surface area (Å²) in [7, 11) is 0. The number of hydrogen-bond acceptors (Lipinski definition) is 5. The van der Waals surface area contributed by atoms with Crippen LogP contribution in [-0.4, -0.2) is 35.4 Å². The third-order valence-corrected chi connectivity index (χ3v) is 5.12. The molecule has 0 unspecified atom stereocenters. The molecule has 0 amide bonds. The molecule has 0 radical (unpaired) electrons. The van der Waals surface area contributed by atoms with Gasteiger partial charge in [-0.1, -0.05) is 83.1 Å². The Bertz CT molecular complexity index is 1130. The minimum Gasteiger partial charge on any atom is -0.245 e. The zero-order valence-corrected chi connectivity index (χ0v) is 18.8. The fraction of sp³-hybridized carbons (Fsp3) is 0.375. The minimum atomic E-state index is -0.0697. The van der Waals surface area contributed by atoms with Crippen molar-refractivity contribution in [2.75, 3.05) is 0 Å². The number of aromatic amines is 1. The van der Waals surface area contributed by atoms with Crippen molar-refractivity contribution < 1.29 is 0 Å². The lowest BCUT2D eigenvalue weighted by molar-refractivity contribution is 0.530. The summed E-state index contributed by atoms with van der Waals surface area (Å²) in [5.41, 5.74) is 4.26. The maximum absolute atomic E-state index is 4.85. The van der Waals surface area contributed by atoms with Gasteiger partial charge in [-0.2, -0.15) is 10.3 Å². The third-order valence-electron chi connectivity index (χ3n) is 5.12. The molecule has 0 saturated heterocycles. The largest absolute Gasteiger partial charge is 0.245 e. The summed E-state index contributed by atoms with van der Waals surface area (Å²) in [5, 5.41) is 19.3. The highest BCUT2D eigenvalue weighted by Crippen LogP contribution is 2.30. The topological polar surface area (TPSA) is 85.2 Å². The van der Waals surface area contributed by atoms with Crippen molar-refractivity contribution in [3.8, 4) is 22.5 Å². The molecule has 31 heavy (non-hydrogen) atoms. The van der Waals surface area contributed by atoms with E-state index in [0.717, 1.165) is 34.8 Å². The zero-order valence-electron chi connectivity index (χ0n) is 18.8. The molecule has 0 saturated carbocycles. The second-order valence-electron chi connectivity index (χ2n) is 9.34. The van der Waals surface area contributed by atoms with E-state index in [-0.39, 0.29) is 5.41 Å². The number of H-pyrrole nitrogens is 1. The van der Waals surface area contributed by atoms with Gasteiger partial charge < -0.3 is 0 Å². The smallest absolute Gasteiger partial charge is 0.205 e. The molecule has 0 atom stereocenters. The monoisotopic (exact) mass is 415 g/mol. The van der Waals surface area contributed by atoms with Crippen LogP contribution < -0.4 is 0 Å². The predicted molar refractivity (Wildman–Crippen MR) is 121 cm³/mol. The second-order valence-corrected chi connectivity index (χ2v) is 9.34. The number of benzene rings is 2. The molecule has 4 aromatic rings. The standard InChI is InChI=1S/C24H29N7/c1-16(2)14-21-25-23(24(3,4)5)28-31(21)15-17-10-12-18(13-11-17)19-8-6-7-9-20(19)22-26-29-30-27-22/h6-13,16H,14-15H2,1-5H3,(H,26,27,29,30). The Labute approximate surface area is 182 Å². The second kappa shape index (κ2) is 8.41. The average molecular weight is 416 g/mol. The highest BCUT2D eigenvalue weighted by molar-refractivity contribution is 5.80. The number of nitrogens with zero attached hydrogens (tertiary/aromatic N) is 6. The molecule has 0 bridgehead atoms. The first-order chi connectivity index (χ1) is 14.8. The minimum absolute atomic E-state index is 0.0697. The molecule has 7 nitrogen and oxygen atoms in total. The summed E-state index contributed by atoms with van der Waals surface area (Å²) in [6.07, 6.45) is 0.916. The molecule has 160 valence electrons. The predicted octanol–water partition coefficient (Wildman–Crippen LogP) is 4.67. The molecule has 0 aliphatic carbocycles. The van der Waals surface area contributed by atoms with Gasteiger partial charge >= 0.3 is 0 Å².